The number of hydrogen-bond donors (Lipinski definition) is 2. The molecule has 5 heteroatoms. The standard InChI is InChI=1S/C9H15N3OS/c1-6-10-9(14-12-6)11-7-4-2-3-5-8(7)13/h7-8,13H,2-5H2,1H3,(H,10,11,12). The van der Waals surface area contributed by atoms with Crippen LogP contribution in [0.5, 0.6) is 0 Å². The SMILES string of the molecule is Cc1nsc(NC2CCCCC2O)n1. The van der Waals surface area contributed by atoms with Crippen molar-refractivity contribution < 1.29 is 5.11 Å². The van der Waals surface area contributed by atoms with Gasteiger partial charge in [-0.05, 0) is 19.8 Å². The van der Waals surface area contributed by atoms with Gasteiger partial charge in [-0.1, -0.05) is 12.8 Å². The van der Waals surface area contributed by atoms with Gasteiger partial charge in [0.15, 0.2) is 0 Å². The predicted octanol–water partition coefficient (Wildman–Crippen LogP) is 1.56. The van der Waals surface area contributed by atoms with Crippen LogP contribution in [0.3, 0.4) is 0 Å². The van der Waals surface area contributed by atoms with E-state index < -0.39 is 0 Å². The lowest BCUT2D eigenvalue weighted by Crippen LogP contribution is -2.36. The molecular formula is C9H15N3OS. The van der Waals surface area contributed by atoms with Crippen LogP contribution in [0.4, 0.5) is 5.13 Å². The van der Waals surface area contributed by atoms with Crippen molar-refractivity contribution in [2.75, 3.05) is 5.32 Å². The third-order valence-corrected chi connectivity index (χ3v) is 3.30. The molecule has 2 unspecified atom stereocenters. The summed E-state index contributed by atoms with van der Waals surface area (Å²) in [5.74, 6) is 0.794. The normalized spacial score (nSPS) is 27.6. The third kappa shape index (κ3) is 2.22. The largest absolute Gasteiger partial charge is 0.391 e. The smallest absolute Gasteiger partial charge is 0.202 e. The number of aliphatic hydroxyl groups excluding tert-OH is 1. The summed E-state index contributed by atoms with van der Waals surface area (Å²) in [6.07, 6.45) is 4.02. The molecule has 0 aromatic carbocycles. The maximum atomic E-state index is 9.73. The second-order valence-corrected chi connectivity index (χ2v) is 4.50. The number of nitrogens with zero attached hydrogens (tertiary/aromatic N) is 2. The van der Waals surface area contributed by atoms with Gasteiger partial charge >= 0.3 is 0 Å². The van der Waals surface area contributed by atoms with E-state index in [0.29, 0.717) is 0 Å². The van der Waals surface area contributed by atoms with Gasteiger partial charge in [-0.15, -0.1) is 0 Å². The molecule has 0 spiro atoms. The van der Waals surface area contributed by atoms with Crippen LogP contribution in [-0.2, 0) is 0 Å². The molecule has 2 atom stereocenters. The van der Waals surface area contributed by atoms with E-state index in [4.69, 9.17) is 0 Å². The lowest BCUT2D eigenvalue weighted by Gasteiger charge is -2.27. The molecule has 1 saturated carbocycles. The highest BCUT2D eigenvalue weighted by atomic mass is 32.1. The van der Waals surface area contributed by atoms with Crippen molar-refractivity contribution in [1.29, 1.82) is 0 Å². The second kappa shape index (κ2) is 4.23. The fourth-order valence-electron chi connectivity index (χ4n) is 1.79. The summed E-state index contributed by atoms with van der Waals surface area (Å²) in [7, 11) is 0. The lowest BCUT2D eigenvalue weighted by molar-refractivity contribution is 0.116. The fourth-order valence-corrected chi connectivity index (χ4v) is 2.43. The quantitative estimate of drug-likeness (QED) is 0.782. The molecule has 0 amide bonds. The van der Waals surface area contributed by atoms with E-state index in [9.17, 15) is 5.11 Å². The van der Waals surface area contributed by atoms with Gasteiger partial charge in [0, 0.05) is 11.5 Å². The van der Waals surface area contributed by atoms with E-state index in [1.54, 1.807) is 0 Å². The van der Waals surface area contributed by atoms with E-state index in [2.05, 4.69) is 14.7 Å². The first-order valence-electron chi connectivity index (χ1n) is 5.00. The zero-order valence-electron chi connectivity index (χ0n) is 8.23. The Morgan fingerprint density at radius 3 is 2.86 bits per heavy atom. The Labute approximate surface area is 87.5 Å². The maximum absolute atomic E-state index is 9.73. The number of hydrogen-bond acceptors (Lipinski definition) is 5. The minimum atomic E-state index is -0.229. The molecule has 78 valence electrons. The Morgan fingerprint density at radius 1 is 1.43 bits per heavy atom. The first-order valence-corrected chi connectivity index (χ1v) is 5.78. The third-order valence-electron chi connectivity index (χ3n) is 2.57. The molecular weight excluding hydrogens is 198 g/mol. The average Bonchev–Trinajstić information content (AvgIpc) is 2.56. The van der Waals surface area contributed by atoms with Gasteiger partial charge in [0.2, 0.25) is 5.13 Å². The van der Waals surface area contributed by atoms with E-state index in [1.165, 1.54) is 18.0 Å². The summed E-state index contributed by atoms with van der Waals surface area (Å²) in [5, 5.41) is 13.8. The second-order valence-electron chi connectivity index (χ2n) is 3.75. The van der Waals surface area contributed by atoms with Crippen molar-refractivity contribution in [1.82, 2.24) is 9.36 Å². The Hall–Kier alpha value is -0.680. The van der Waals surface area contributed by atoms with Crippen LogP contribution in [0, 0.1) is 6.92 Å². The maximum Gasteiger partial charge on any atom is 0.202 e. The summed E-state index contributed by atoms with van der Waals surface area (Å²) in [6, 6.07) is 0.163. The van der Waals surface area contributed by atoms with Crippen LogP contribution < -0.4 is 5.32 Å². The minimum absolute atomic E-state index is 0.163. The monoisotopic (exact) mass is 213 g/mol. The molecule has 4 nitrogen and oxygen atoms in total. The first-order chi connectivity index (χ1) is 6.75. The first kappa shape index (κ1) is 9.86. The van der Waals surface area contributed by atoms with Crippen LogP contribution in [0.2, 0.25) is 0 Å². The van der Waals surface area contributed by atoms with Crippen molar-refractivity contribution >= 4 is 16.7 Å². The zero-order valence-corrected chi connectivity index (χ0v) is 9.05. The summed E-state index contributed by atoms with van der Waals surface area (Å²) in [4.78, 5) is 4.22. The Balaban J connectivity index is 1.95. The molecule has 1 fully saturated rings. The topological polar surface area (TPSA) is 58.0 Å². The fraction of sp³-hybridized carbons (Fsp3) is 0.778. The van der Waals surface area contributed by atoms with Crippen molar-refractivity contribution in [3.63, 3.8) is 0 Å². The molecule has 0 saturated heterocycles. The molecule has 1 aliphatic rings. The highest BCUT2D eigenvalue weighted by Gasteiger charge is 2.23. The lowest BCUT2D eigenvalue weighted by atomic mass is 9.93. The van der Waals surface area contributed by atoms with Gasteiger partial charge in [0.1, 0.15) is 5.82 Å². The van der Waals surface area contributed by atoms with E-state index in [0.717, 1.165) is 30.2 Å². The molecule has 2 N–H and O–H groups in total. The average molecular weight is 213 g/mol. The highest BCUT2D eigenvalue weighted by molar-refractivity contribution is 7.09. The number of aryl methyl sites for hydroxylation is 1. The van der Waals surface area contributed by atoms with Gasteiger partial charge in [-0.2, -0.15) is 4.37 Å². The molecule has 14 heavy (non-hydrogen) atoms. The molecule has 1 aliphatic carbocycles. The number of rotatable bonds is 2. The Bertz CT molecular complexity index is 302. The van der Waals surface area contributed by atoms with E-state index in [-0.39, 0.29) is 12.1 Å². The van der Waals surface area contributed by atoms with Crippen molar-refractivity contribution in [3.05, 3.63) is 5.82 Å². The van der Waals surface area contributed by atoms with Crippen molar-refractivity contribution in [2.45, 2.75) is 44.8 Å². The molecule has 1 aromatic heterocycles. The zero-order chi connectivity index (χ0) is 9.97. The van der Waals surface area contributed by atoms with E-state index >= 15 is 0 Å². The van der Waals surface area contributed by atoms with Crippen molar-refractivity contribution in [3.8, 4) is 0 Å². The Kier molecular flexibility index (Phi) is 2.98. The van der Waals surface area contributed by atoms with E-state index in [1.807, 2.05) is 6.92 Å². The Morgan fingerprint density at radius 2 is 2.21 bits per heavy atom. The van der Waals surface area contributed by atoms with Gasteiger partial charge in [0.05, 0.1) is 12.1 Å². The van der Waals surface area contributed by atoms with Crippen molar-refractivity contribution in [2.24, 2.45) is 0 Å². The molecule has 0 radical (unpaired) electrons. The van der Waals surface area contributed by atoms with Crippen LogP contribution in [0.15, 0.2) is 0 Å². The van der Waals surface area contributed by atoms with Gasteiger partial charge < -0.3 is 10.4 Å². The molecule has 1 heterocycles. The predicted molar refractivity (Wildman–Crippen MR) is 56.5 cm³/mol. The summed E-state index contributed by atoms with van der Waals surface area (Å²) >= 11 is 1.36. The molecule has 1 aromatic rings. The van der Waals surface area contributed by atoms with Gasteiger partial charge in [-0.25, -0.2) is 4.98 Å². The van der Waals surface area contributed by atoms with Gasteiger partial charge in [0.25, 0.3) is 0 Å². The summed E-state index contributed by atoms with van der Waals surface area (Å²) in [5.41, 5.74) is 0. The number of aromatic nitrogens is 2. The minimum Gasteiger partial charge on any atom is -0.391 e. The number of aliphatic hydroxyl groups is 1. The van der Waals surface area contributed by atoms with Crippen LogP contribution in [0.1, 0.15) is 31.5 Å². The van der Waals surface area contributed by atoms with Gasteiger partial charge in [-0.3, -0.25) is 0 Å². The number of nitrogens with one attached hydrogen (secondary N) is 1. The van der Waals surface area contributed by atoms with Crippen LogP contribution in [0.25, 0.3) is 0 Å². The highest BCUT2D eigenvalue weighted by Crippen LogP contribution is 2.22. The molecule has 2 rings (SSSR count). The summed E-state index contributed by atoms with van der Waals surface area (Å²) in [6.45, 7) is 1.87. The molecule has 0 bridgehead atoms. The number of anilines is 1. The van der Waals surface area contributed by atoms with Crippen LogP contribution >= 0.6 is 11.5 Å². The molecule has 0 aliphatic heterocycles. The van der Waals surface area contributed by atoms with Crippen LogP contribution in [-0.4, -0.2) is 26.6 Å². The summed E-state index contributed by atoms with van der Waals surface area (Å²) < 4.78 is 4.09.